The van der Waals surface area contributed by atoms with Crippen LogP contribution in [0.2, 0.25) is 0 Å². The molecule has 3 nitrogen and oxygen atoms in total. The molecule has 124 valence electrons. The van der Waals surface area contributed by atoms with Gasteiger partial charge in [-0.2, -0.15) is 0 Å². The molecule has 0 aliphatic heterocycles. The van der Waals surface area contributed by atoms with E-state index in [4.69, 9.17) is 4.74 Å². The van der Waals surface area contributed by atoms with Gasteiger partial charge in [-0.25, -0.2) is 4.79 Å². The third kappa shape index (κ3) is 3.07. The third-order valence-electron chi connectivity index (χ3n) is 4.22. The van der Waals surface area contributed by atoms with Gasteiger partial charge in [0, 0.05) is 29.6 Å². The molecule has 0 saturated heterocycles. The Morgan fingerprint density at radius 1 is 1.00 bits per heavy atom. The van der Waals surface area contributed by atoms with E-state index in [1.54, 1.807) is 0 Å². The lowest BCUT2D eigenvalue weighted by Crippen LogP contribution is -2.11. The van der Waals surface area contributed by atoms with E-state index in [0.717, 1.165) is 36.0 Å². The number of ether oxygens (including phenoxy) is 1. The fourth-order valence-electron chi connectivity index (χ4n) is 3.24. The zero-order valence-corrected chi connectivity index (χ0v) is 14.3. The van der Waals surface area contributed by atoms with Crippen LogP contribution in [0.1, 0.15) is 41.9 Å². The van der Waals surface area contributed by atoms with E-state index in [-0.39, 0.29) is 5.97 Å². The van der Waals surface area contributed by atoms with Crippen LogP contribution in [0.5, 0.6) is 0 Å². The standard InChI is InChI=1S/C21H23NO2/c1-3-14-22-18-13-9-8-12-17(18)20(21(23)24-4-2)19(22)15-16-10-6-5-7-11-16/h5-13H,3-4,14-15H2,1-2H3. The van der Waals surface area contributed by atoms with Gasteiger partial charge in [-0.1, -0.05) is 55.5 Å². The first-order valence-corrected chi connectivity index (χ1v) is 8.57. The highest BCUT2D eigenvalue weighted by atomic mass is 16.5. The van der Waals surface area contributed by atoms with Crippen LogP contribution in [0.25, 0.3) is 10.9 Å². The second-order valence-corrected chi connectivity index (χ2v) is 5.87. The minimum Gasteiger partial charge on any atom is -0.462 e. The van der Waals surface area contributed by atoms with Crippen molar-refractivity contribution in [1.29, 1.82) is 0 Å². The Kier molecular flexibility index (Phi) is 4.99. The molecule has 1 aromatic heterocycles. The van der Waals surface area contributed by atoms with Crippen LogP contribution in [-0.2, 0) is 17.7 Å². The Hall–Kier alpha value is -2.55. The molecule has 24 heavy (non-hydrogen) atoms. The van der Waals surface area contributed by atoms with Crippen molar-refractivity contribution in [1.82, 2.24) is 4.57 Å². The van der Waals surface area contributed by atoms with Crippen LogP contribution in [0.4, 0.5) is 0 Å². The van der Waals surface area contributed by atoms with Crippen LogP contribution in [-0.4, -0.2) is 17.1 Å². The van der Waals surface area contributed by atoms with E-state index in [1.165, 1.54) is 5.56 Å². The van der Waals surface area contributed by atoms with Crippen molar-refractivity contribution in [2.45, 2.75) is 33.2 Å². The van der Waals surface area contributed by atoms with Crippen molar-refractivity contribution in [2.75, 3.05) is 6.61 Å². The highest BCUT2D eigenvalue weighted by molar-refractivity contribution is 6.06. The maximum Gasteiger partial charge on any atom is 0.340 e. The van der Waals surface area contributed by atoms with Gasteiger partial charge in [0.05, 0.1) is 12.2 Å². The summed E-state index contributed by atoms with van der Waals surface area (Å²) in [6, 6.07) is 18.4. The molecule has 3 aromatic rings. The molecule has 3 heteroatoms. The van der Waals surface area contributed by atoms with Crippen molar-refractivity contribution in [3.63, 3.8) is 0 Å². The normalized spacial score (nSPS) is 10.9. The first kappa shape index (κ1) is 16.3. The van der Waals surface area contributed by atoms with Gasteiger partial charge in [-0.05, 0) is 25.0 Å². The number of aromatic nitrogens is 1. The lowest BCUT2D eigenvalue weighted by molar-refractivity contribution is 0.0527. The van der Waals surface area contributed by atoms with E-state index < -0.39 is 0 Å². The molecular weight excluding hydrogens is 298 g/mol. The Morgan fingerprint density at radius 2 is 1.71 bits per heavy atom. The first-order chi connectivity index (χ1) is 11.8. The van der Waals surface area contributed by atoms with E-state index in [9.17, 15) is 4.79 Å². The van der Waals surface area contributed by atoms with Gasteiger partial charge < -0.3 is 9.30 Å². The monoisotopic (exact) mass is 321 g/mol. The summed E-state index contributed by atoms with van der Waals surface area (Å²) in [4.78, 5) is 12.7. The zero-order valence-electron chi connectivity index (χ0n) is 14.3. The molecule has 0 unspecified atom stereocenters. The molecule has 2 aromatic carbocycles. The lowest BCUT2D eigenvalue weighted by atomic mass is 10.0. The third-order valence-corrected chi connectivity index (χ3v) is 4.22. The first-order valence-electron chi connectivity index (χ1n) is 8.57. The number of rotatable bonds is 6. The van der Waals surface area contributed by atoms with Crippen LogP contribution in [0.15, 0.2) is 54.6 Å². The predicted molar refractivity (Wildman–Crippen MR) is 97.4 cm³/mol. The van der Waals surface area contributed by atoms with Gasteiger partial charge in [-0.3, -0.25) is 0 Å². The summed E-state index contributed by atoms with van der Waals surface area (Å²) < 4.78 is 7.63. The number of benzene rings is 2. The number of hydrogen-bond acceptors (Lipinski definition) is 2. The summed E-state index contributed by atoms with van der Waals surface area (Å²) in [6.45, 7) is 5.28. The number of carbonyl (C=O) groups excluding carboxylic acids is 1. The molecule has 0 spiro atoms. The summed E-state index contributed by atoms with van der Waals surface area (Å²) in [5.41, 5.74) is 4.06. The highest BCUT2D eigenvalue weighted by Gasteiger charge is 2.23. The van der Waals surface area contributed by atoms with Gasteiger partial charge in [0.25, 0.3) is 0 Å². The minimum absolute atomic E-state index is 0.227. The molecule has 0 aliphatic rings. The molecule has 1 heterocycles. The molecule has 0 radical (unpaired) electrons. The number of para-hydroxylation sites is 1. The second kappa shape index (κ2) is 7.35. The average molecular weight is 321 g/mol. The second-order valence-electron chi connectivity index (χ2n) is 5.87. The maximum absolute atomic E-state index is 12.7. The Balaban J connectivity index is 2.20. The minimum atomic E-state index is -0.227. The van der Waals surface area contributed by atoms with E-state index >= 15 is 0 Å². The number of aryl methyl sites for hydroxylation is 1. The van der Waals surface area contributed by atoms with E-state index in [2.05, 4.69) is 29.7 Å². The number of fused-ring (bicyclic) bond motifs is 1. The molecular formula is C21H23NO2. The van der Waals surface area contributed by atoms with Crippen LogP contribution < -0.4 is 0 Å². The number of esters is 1. The lowest BCUT2D eigenvalue weighted by Gasteiger charge is -2.11. The molecule has 0 aliphatic carbocycles. The number of carbonyl (C=O) groups is 1. The van der Waals surface area contributed by atoms with Gasteiger partial charge in [0.15, 0.2) is 0 Å². The quantitative estimate of drug-likeness (QED) is 0.610. The molecule has 0 bridgehead atoms. The summed E-state index contributed by atoms with van der Waals surface area (Å²) >= 11 is 0. The summed E-state index contributed by atoms with van der Waals surface area (Å²) in [7, 11) is 0. The number of hydrogen-bond donors (Lipinski definition) is 0. The molecule has 0 fully saturated rings. The fraction of sp³-hybridized carbons (Fsp3) is 0.286. The molecule has 0 saturated carbocycles. The van der Waals surface area contributed by atoms with Gasteiger partial charge in [0.1, 0.15) is 0 Å². The topological polar surface area (TPSA) is 31.2 Å². The van der Waals surface area contributed by atoms with E-state index in [1.807, 2.05) is 43.3 Å². The molecule has 0 amide bonds. The fourth-order valence-corrected chi connectivity index (χ4v) is 3.24. The Morgan fingerprint density at radius 3 is 2.42 bits per heavy atom. The Labute approximate surface area is 142 Å². The maximum atomic E-state index is 12.7. The van der Waals surface area contributed by atoms with Crippen molar-refractivity contribution in [3.8, 4) is 0 Å². The molecule has 0 N–H and O–H groups in total. The van der Waals surface area contributed by atoms with Crippen LogP contribution in [0.3, 0.4) is 0 Å². The van der Waals surface area contributed by atoms with Gasteiger partial charge >= 0.3 is 5.97 Å². The summed E-state index contributed by atoms with van der Waals surface area (Å²) in [5, 5.41) is 0.982. The van der Waals surface area contributed by atoms with Crippen molar-refractivity contribution >= 4 is 16.9 Å². The Bertz CT molecular complexity index is 834. The summed E-state index contributed by atoms with van der Waals surface area (Å²) in [6.07, 6.45) is 1.74. The summed E-state index contributed by atoms with van der Waals surface area (Å²) in [5.74, 6) is -0.227. The van der Waals surface area contributed by atoms with Crippen LogP contribution >= 0.6 is 0 Å². The number of nitrogens with zero attached hydrogens (tertiary/aromatic N) is 1. The largest absolute Gasteiger partial charge is 0.462 e. The SMILES string of the molecule is CCCn1c(Cc2ccccc2)c(C(=O)OCC)c2ccccc21. The zero-order chi connectivity index (χ0) is 16.9. The molecule has 0 atom stereocenters. The van der Waals surface area contributed by atoms with Gasteiger partial charge in [-0.15, -0.1) is 0 Å². The molecule has 3 rings (SSSR count). The average Bonchev–Trinajstić information content (AvgIpc) is 2.90. The smallest absolute Gasteiger partial charge is 0.340 e. The van der Waals surface area contributed by atoms with Crippen LogP contribution in [0, 0.1) is 0 Å². The van der Waals surface area contributed by atoms with E-state index in [0.29, 0.717) is 12.2 Å². The van der Waals surface area contributed by atoms with Crippen molar-refractivity contribution < 1.29 is 9.53 Å². The highest BCUT2D eigenvalue weighted by Crippen LogP contribution is 2.29. The predicted octanol–water partition coefficient (Wildman–Crippen LogP) is 4.82. The van der Waals surface area contributed by atoms with Gasteiger partial charge in [0.2, 0.25) is 0 Å². The van der Waals surface area contributed by atoms with Crippen molar-refractivity contribution in [2.24, 2.45) is 0 Å². The van der Waals surface area contributed by atoms with Crippen molar-refractivity contribution in [3.05, 3.63) is 71.4 Å².